The lowest BCUT2D eigenvalue weighted by atomic mass is 9.58. The molecule has 7 aromatic rings. The summed E-state index contributed by atoms with van der Waals surface area (Å²) in [7, 11) is 0. The Morgan fingerprint density at radius 1 is 0.540 bits per heavy atom. The quantitative estimate of drug-likeness (QED) is 0.191. The van der Waals surface area contributed by atoms with Gasteiger partial charge >= 0.3 is 0 Å². The molecule has 0 aliphatic heterocycles. The van der Waals surface area contributed by atoms with Gasteiger partial charge in [-0.05, 0) is 104 Å². The van der Waals surface area contributed by atoms with E-state index in [1.807, 2.05) is 0 Å². The van der Waals surface area contributed by atoms with Crippen LogP contribution in [0.3, 0.4) is 0 Å². The summed E-state index contributed by atoms with van der Waals surface area (Å²) in [6.45, 7) is 9.66. The van der Waals surface area contributed by atoms with Gasteiger partial charge in [0.1, 0.15) is 0 Å². The highest BCUT2D eigenvalue weighted by Crippen LogP contribution is 2.64. The molecule has 3 aliphatic rings. The second kappa shape index (κ2) is 10.6. The SMILES string of the molecule is CC(C)(C)C1(C)c2ccccc2-c2c1ccc1c2-c2ccc(-c3nc(-c4ccccc4)c4cc(-c5ccccc5)ccc4n3)cc2C2CCC12. The summed E-state index contributed by atoms with van der Waals surface area (Å²) in [6, 6.07) is 49.0. The molecular weight excluding hydrogens is 605 g/mol. The van der Waals surface area contributed by atoms with Crippen molar-refractivity contribution >= 4 is 10.9 Å². The van der Waals surface area contributed by atoms with Gasteiger partial charge in [0.05, 0.1) is 11.2 Å². The van der Waals surface area contributed by atoms with E-state index in [9.17, 15) is 0 Å². The van der Waals surface area contributed by atoms with E-state index >= 15 is 0 Å². The zero-order valence-corrected chi connectivity index (χ0v) is 29.2. The summed E-state index contributed by atoms with van der Waals surface area (Å²) in [6.07, 6.45) is 2.47. The van der Waals surface area contributed by atoms with E-state index in [4.69, 9.17) is 9.97 Å². The largest absolute Gasteiger partial charge is 0.228 e. The highest BCUT2D eigenvalue weighted by atomic mass is 14.9. The zero-order valence-electron chi connectivity index (χ0n) is 29.2. The first-order valence-electron chi connectivity index (χ1n) is 18.2. The van der Waals surface area contributed by atoms with Crippen molar-refractivity contribution in [3.05, 3.63) is 156 Å². The van der Waals surface area contributed by atoms with Gasteiger partial charge in [-0.15, -0.1) is 0 Å². The van der Waals surface area contributed by atoms with Crippen molar-refractivity contribution in [2.45, 2.75) is 57.8 Å². The summed E-state index contributed by atoms with van der Waals surface area (Å²) < 4.78 is 0. The lowest BCUT2D eigenvalue weighted by Gasteiger charge is -2.45. The first kappa shape index (κ1) is 29.6. The van der Waals surface area contributed by atoms with E-state index in [0.29, 0.717) is 11.8 Å². The number of benzene rings is 6. The fourth-order valence-corrected chi connectivity index (χ4v) is 9.37. The maximum absolute atomic E-state index is 5.35. The first-order valence-corrected chi connectivity index (χ1v) is 18.2. The Labute approximate surface area is 294 Å². The molecule has 50 heavy (non-hydrogen) atoms. The van der Waals surface area contributed by atoms with Crippen LogP contribution >= 0.6 is 0 Å². The van der Waals surface area contributed by atoms with Gasteiger partial charge in [-0.2, -0.15) is 0 Å². The third-order valence-electron chi connectivity index (χ3n) is 12.5. The Morgan fingerprint density at radius 3 is 1.96 bits per heavy atom. The fraction of sp³-hybridized carbons (Fsp3) is 0.208. The average molecular weight is 645 g/mol. The van der Waals surface area contributed by atoms with Crippen LogP contribution in [-0.4, -0.2) is 9.97 Å². The molecule has 2 heteroatoms. The minimum atomic E-state index is -0.0718. The van der Waals surface area contributed by atoms with Crippen molar-refractivity contribution in [3.63, 3.8) is 0 Å². The minimum Gasteiger partial charge on any atom is -0.228 e. The molecule has 3 atom stereocenters. The van der Waals surface area contributed by atoms with Crippen LogP contribution in [0.15, 0.2) is 133 Å². The highest BCUT2D eigenvalue weighted by Gasteiger charge is 2.50. The number of rotatable bonds is 3. The molecule has 1 fully saturated rings. The maximum Gasteiger partial charge on any atom is 0.160 e. The van der Waals surface area contributed by atoms with Crippen LogP contribution in [0.25, 0.3) is 66.9 Å². The summed E-state index contributed by atoms with van der Waals surface area (Å²) >= 11 is 0. The van der Waals surface area contributed by atoms with E-state index in [1.165, 1.54) is 68.5 Å². The molecule has 1 heterocycles. The van der Waals surface area contributed by atoms with Crippen molar-refractivity contribution < 1.29 is 0 Å². The van der Waals surface area contributed by atoms with Crippen LogP contribution in [-0.2, 0) is 5.41 Å². The van der Waals surface area contributed by atoms with Crippen LogP contribution in [0.4, 0.5) is 0 Å². The normalized spacial score (nSPS) is 19.9. The summed E-state index contributed by atoms with van der Waals surface area (Å²) in [5.74, 6) is 1.88. The van der Waals surface area contributed by atoms with Crippen LogP contribution < -0.4 is 0 Å². The van der Waals surface area contributed by atoms with Crippen molar-refractivity contribution in [1.82, 2.24) is 9.97 Å². The average Bonchev–Trinajstić information content (AvgIpc) is 3.40. The summed E-state index contributed by atoms with van der Waals surface area (Å²) in [5.41, 5.74) is 18.1. The summed E-state index contributed by atoms with van der Waals surface area (Å²) in [4.78, 5) is 10.6. The van der Waals surface area contributed by atoms with E-state index in [0.717, 1.165) is 33.5 Å². The minimum absolute atomic E-state index is 0.0642. The monoisotopic (exact) mass is 644 g/mol. The van der Waals surface area contributed by atoms with Crippen molar-refractivity contribution in [2.75, 3.05) is 0 Å². The third kappa shape index (κ3) is 4.08. The Balaban J connectivity index is 1.17. The second-order valence-electron chi connectivity index (χ2n) is 15.8. The maximum atomic E-state index is 5.35. The van der Waals surface area contributed by atoms with Crippen molar-refractivity contribution in [2.24, 2.45) is 5.41 Å². The molecule has 2 nitrogen and oxygen atoms in total. The molecule has 0 spiro atoms. The van der Waals surface area contributed by atoms with E-state index in [1.54, 1.807) is 0 Å². The van der Waals surface area contributed by atoms with Crippen molar-refractivity contribution in [3.8, 4) is 56.0 Å². The van der Waals surface area contributed by atoms with E-state index < -0.39 is 0 Å². The van der Waals surface area contributed by atoms with E-state index in [2.05, 4.69) is 161 Å². The fourth-order valence-electron chi connectivity index (χ4n) is 9.37. The molecular formula is C48H40N2. The molecule has 1 saturated carbocycles. The van der Waals surface area contributed by atoms with E-state index in [-0.39, 0.29) is 10.8 Å². The molecule has 6 aromatic carbocycles. The topological polar surface area (TPSA) is 25.8 Å². The molecule has 0 amide bonds. The van der Waals surface area contributed by atoms with Crippen molar-refractivity contribution in [1.29, 1.82) is 0 Å². The number of hydrogen-bond acceptors (Lipinski definition) is 2. The number of aromatic nitrogens is 2. The molecule has 0 radical (unpaired) electrons. The first-order chi connectivity index (χ1) is 24.3. The van der Waals surface area contributed by atoms with Crippen LogP contribution in [0.2, 0.25) is 0 Å². The number of hydrogen-bond donors (Lipinski definition) is 0. The van der Waals surface area contributed by atoms with Gasteiger partial charge in [0.15, 0.2) is 5.82 Å². The van der Waals surface area contributed by atoms with Crippen LogP contribution in [0.1, 0.15) is 74.6 Å². The molecule has 1 aromatic heterocycles. The number of nitrogens with zero attached hydrogens (tertiary/aromatic N) is 2. The Kier molecular flexibility index (Phi) is 6.26. The highest BCUT2D eigenvalue weighted by molar-refractivity contribution is 5.98. The molecule has 10 rings (SSSR count). The molecule has 0 bridgehead atoms. The number of fused-ring (bicyclic) bond motifs is 11. The Hall–Kier alpha value is -5.34. The van der Waals surface area contributed by atoms with Gasteiger partial charge in [0, 0.05) is 21.9 Å². The lowest BCUT2D eigenvalue weighted by molar-refractivity contribution is 0.254. The predicted molar refractivity (Wildman–Crippen MR) is 207 cm³/mol. The summed E-state index contributed by atoms with van der Waals surface area (Å²) in [5, 5.41) is 1.07. The Bertz CT molecular complexity index is 2490. The van der Waals surface area contributed by atoms with Gasteiger partial charge in [0.2, 0.25) is 0 Å². The zero-order chi connectivity index (χ0) is 33.8. The molecule has 242 valence electrons. The van der Waals surface area contributed by atoms with Gasteiger partial charge < -0.3 is 0 Å². The van der Waals surface area contributed by atoms with Crippen LogP contribution in [0, 0.1) is 5.41 Å². The molecule has 0 N–H and O–H groups in total. The van der Waals surface area contributed by atoms with Gasteiger partial charge in [0.25, 0.3) is 0 Å². The second-order valence-corrected chi connectivity index (χ2v) is 15.8. The van der Waals surface area contributed by atoms with Crippen LogP contribution in [0.5, 0.6) is 0 Å². The third-order valence-corrected chi connectivity index (χ3v) is 12.5. The van der Waals surface area contributed by atoms with Gasteiger partial charge in [-0.25, -0.2) is 9.97 Å². The predicted octanol–water partition coefficient (Wildman–Crippen LogP) is 12.6. The molecule has 0 saturated heterocycles. The van der Waals surface area contributed by atoms with Gasteiger partial charge in [-0.3, -0.25) is 0 Å². The standard InChI is InChI=1S/C48H40N2/c1-47(2,3)48(4)40-18-12-11-17-37(40)44-41(48)25-24-35-33-22-23-34(33)38-28-32(19-21-36(38)43(35)44)46-49-42-26-20-31(29-13-7-5-8-14-29)27-39(42)45(50-46)30-15-9-6-10-16-30/h5-21,24-28,33-34H,22-23H2,1-4H3. The smallest absolute Gasteiger partial charge is 0.160 e. The lowest BCUT2D eigenvalue weighted by Crippen LogP contribution is -2.36. The van der Waals surface area contributed by atoms with Gasteiger partial charge in [-0.1, -0.05) is 143 Å². The Morgan fingerprint density at radius 2 is 1.22 bits per heavy atom. The molecule has 3 aliphatic carbocycles. The molecule has 3 unspecified atom stereocenters.